The number of ether oxygens (including phenoxy) is 2. The van der Waals surface area contributed by atoms with Crippen LogP contribution in [0.3, 0.4) is 0 Å². The van der Waals surface area contributed by atoms with Gasteiger partial charge in [0.1, 0.15) is 19.3 Å². The van der Waals surface area contributed by atoms with E-state index in [2.05, 4.69) is 6.58 Å². The van der Waals surface area contributed by atoms with E-state index in [0.29, 0.717) is 25.0 Å². The first kappa shape index (κ1) is 15.6. The molecule has 0 amide bonds. The predicted octanol–water partition coefficient (Wildman–Crippen LogP) is -0.285. The Morgan fingerprint density at radius 3 is 2.41 bits per heavy atom. The van der Waals surface area contributed by atoms with E-state index >= 15 is 0 Å². The van der Waals surface area contributed by atoms with Crippen molar-refractivity contribution < 1.29 is 19.1 Å². The summed E-state index contributed by atoms with van der Waals surface area (Å²) in [5.74, 6) is -1.02. The third-order valence-electron chi connectivity index (χ3n) is 1.93. The highest BCUT2D eigenvalue weighted by molar-refractivity contribution is 5.86. The second-order valence-electron chi connectivity index (χ2n) is 3.62. The van der Waals surface area contributed by atoms with Gasteiger partial charge in [-0.3, -0.25) is 4.79 Å². The number of rotatable bonds is 8. The standard InChI is InChI=1S/C11H20N2O4/c1-8(2)10(14)16-6-7-17-11(15)9(13)4-3-5-12/h9H,1,3-7,12-13H2,2H3. The van der Waals surface area contributed by atoms with Gasteiger partial charge in [0.2, 0.25) is 0 Å². The second kappa shape index (κ2) is 8.72. The highest BCUT2D eigenvalue weighted by Gasteiger charge is 2.14. The molecule has 6 nitrogen and oxygen atoms in total. The van der Waals surface area contributed by atoms with Crippen LogP contribution in [0.15, 0.2) is 12.2 Å². The molecule has 0 heterocycles. The van der Waals surface area contributed by atoms with Gasteiger partial charge in [0.15, 0.2) is 0 Å². The molecule has 4 N–H and O–H groups in total. The largest absolute Gasteiger partial charge is 0.461 e. The molecule has 0 spiro atoms. The molecule has 17 heavy (non-hydrogen) atoms. The van der Waals surface area contributed by atoms with Crippen LogP contribution in [0.1, 0.15) is 19.8 Å². The molecular weight excluding hydrogens is 224 g/mol. The summed E-state index contributed by atoms with van der Waals surface area (Å²) in [4.78, 5) is 22.2. The average molecular weight is 244 g/mol. The maximum atomic E-state index is 11.3. The molecule has 0 aliphatic rings. The van der Waals surface area contributed by atoms with Gasteiger partial charge in [-0.1, -0.05) is 6.58 Å². The molecule has 0 aromatic heterocycles. The van der Waals surface area contributed by atoms with Crippen LogP contribution < -0.4 is 11.5 Å². The number of esters is 2. The van der Waals surface area contributed by atoms with E-state index in [9.17, 15) is 9.59 Å². The molecule has 0 saturated heterocycles. The Morgan fingerprint density at radius 2 is 1.88 bits per heavy atom. The van der Waals surface area contributed by atoms with Gasteiger partial charge in [-0.2, -0.15) is 0 Å². The zero-order valence-electron chi connectivity index (χ0n) is 10.1. The van der Waals surface area contributed by atoms with Crippen LogP contribution in [-0.2, 0) is 19.1 Å². The fourth-order valence-corrected chi connectivity index (χ4v) is 0.962. The Labute approximate surface area is 101 Å². The molecule has 0 bridgehead atoms. The zero-order valence-corrected chi connectivity index (χ0v) is 10.1. The molecule has 0 fully saturated rings. The van der Waals surface area contributed by atoms with Gasteiger partial charge in [0.25, 0.3) is 0 Å². The Hall–Kier alpha value is -1.40. The second-order valence-corrected chi connectivity index (χ2v) is 3.62. The van der Waals surface area contributed by atoms with Crippen LogP contribution in [0.2, 0.25) is 0 Å². The SMILES string of the molecule is C=C(C)C(=O)OCCOC(=O)C(N)CCCN. The molecule has 0 aromatic carbocycles. The number of carbonyl (C=O) groups is 2. The van der Waals surface area contributed by atoms with Gasteiger partial charge < -0.3 is 20.9 Å². The quantitative estimate of drug-likeness (QED) is 0.345. The van der Waals surface area contributed by atoms with Crippen molar-refractivity contribution >= 4 is 11.9 Å². The molecule has 0 radical (unpaired) electrons. The third-order valence-corrected chi connectivity index (χ3v) is 1.93. The number of hydrogen-bond donors (Lipinski definition) is 2. The summed E-state index contributed by atoms with van der Waals surface area (Å²) in [5, 5.41) is 0. The fraction of sp³-hybridized carbons (Fsp3) is 0.636. The highest BCUT2D eigenvalue weighted by Crippen LogP contribution is 1.96. The average Bonchev–Trinajstić information content (AvgIpc) is 2.30. The lowest BCUT2D eigenvalue weighted by atomic mass is 10.2. The van der Waals surface area contributed by atoms with Crippen molar-refractivity contribution in [2.24, 2.45) is 11.5 Å². The van der Waals surface area contributed by atoms with E-state index in [4.69, 9.17) is 20.9 Å². The Bertz CT molecular complexity index is 279. The Kier molecular flexibility index (Phi) is 8.00. The molecular formula is C11H20N2O4. The van der Waals surface area contributed by atoms with E-state index in [1.54, 1.807) is 0 Å². The Balaban J connectivity index is 3.64. The van der Waals surface area contributed by atoms with E-state index in [0.717, 1.165) is 0 Å². The van der Waals surface area contributed by atoms with Crippen LogP contribution in [0.25, 0.3) is 0 Å². The zero-order chi connectivity index (χ0) is 13.3. The van der Waals surface area contributed by atoms with Gasteiger partial charge in [-0.05, 0) is 26.3 Å². The van der Waals surface area contributed by atoms with Crippen LogP contribution in [0.5, 0.6) is 0 Å². The van der Waals surface area contributed by atoms with Crippen molar-refractivity contribution in [3.8, 4) is 0 Å². The van der Waals surface area contributed by atoms with Crippen molar-refractivity contribution in [2.75, 3.05) is 19.8 Å². The lowest BCUT2D eigenvalue weighted by molar-refractivity contribution is -0.151. The molecule has 0 aromatic rings. The minimum absolute atomic E-state index is 0.00103. The van der Waals surface area contributed by atoms with Gasteiger partial charge in [0, 0.05) is 5.57 Å². The first-order valence-corrected chi connectivity index (χ1v) is 5.44. The monoisotopic (exact) mass is 244 g/mol. The van der Waals surface area contributed by atoms with E-state index < -0.39 is 18.0 Å². The summed E-state index contributed by atoms with van der Waals surface area (Å²) in [6.45, 7) is 5.43. The van der Waals surface area contributed by atoms with Crippen molar-refractivity contribution in [2.45, 2.75) is 25.8 Å². The summed E-state index contributed by atoms with van der Waals surface area (Å²) in [7, 11) is 0. The number of carbonyl (C=O) groups excluding carboxylic acids is 2. The van der Waals surface area contributed by atoms with E-state index in [1.165, 1.54) is 6.92 Å². The minimum atomic E-state index is -0.671. The maximum absolute atomic E-state index is 11.3. The summed E-state index contributed by atoms with van der Waals surface area (Å²) >= 11 is 0. The van der Waals surface area contributed by atoms with Gasteiger partial charge in [-0.25, -0.2) is 4.79 Å². The molecule has 6 heteroatoms. The van der Waals surface area contributed by atoms with Gasteiger partial charge >= 0.3 is 11.9 Å². The molecule has 1 unspecified atom stereocenters. The van der Waals surface area contributed by atoms with Crippen LogP contribution in [0, 0.1) is 0 Å². The highest BCUT2D eigenvalue weighted by atomic mass is 16.6. The summed E-state index contributed by atoms with van der Waals surface area (Å²) in [6.07, 6.45) is 1.15. The summed E-state index contributed by atoms with van der Waals surface area (Å²) < 4.78 is 9.56. The molecule has 0 aliphatic heterocycles. The molecule has 98 valence electrons. The van der Waals surface area contributed by atoms with E-state index in [-0.39, 0.29) is 13.2 Å². The fourth-order valence-electron chi connectivity index (χ4n) is 0.962. The first-order chi connectivity index (χ1) is 7.99. The number of hydrogen-bond acceptors (Lipinski definition) is 6. The van der Waals surface area contributed by atoms with Gasteiger partial charge in [-0.15, -0.1) is 0 Å². The predicted molar refractivity (Wildman–Crippen MR) is 63.0 cm³/mol. The third kappa shape index (κ3) is 7.48. The minimum Gasteiger partial charge on any atom is -0.461 e. The van der Waals surface area contributed by atoms with Crippen LogP contribution >= 0.6 is 0 Å². The molecule has 1 atom stereocenters. The molecule has 0 rings (SSSR count). The number of nitrogens with two attached hydrogens (primary N) is 2. The van der Waals surface area contributed by atoms with Crippen LogP contribution in [0.4, 0.5) is 0 Å². The lowest BCUT2D eigenvalue weighted by Gasteiger charge is -2.11. The van der Waals surface area contributed by atoms with Crippen molar-refractivity contribution in [1.29, 1.82) is 0 Å². The summed E-state index contributed by atoms with van der Waals surface area (Å²) in [5.41, 5.74) is 11.1. The maximum Gasteiger partial charge on any atom is 0.333 e. The van der Waals surface area contributed by atoms with Gasteiger partial charge in [0.05, 0.1) is 0 Å². The van der Waals surface area contributed by atoms with Crippen molar-refractivity contribution in [1.82, 2.24) is 0 Å². The van der Waals surface area contributed by atoms with Crippen molar-refractivity contribution in [3.63, 3.8) is 0 Å². The lowest BCUT2D eigenvalue weighted by Crippen LogP contribution is -2.33. The Morgan fingerprint density at radius 1 is 1.29 bits per heavy atom. The smallest absolute Gasteiger partial charge is 0.333 e. The first-order valence-electron chi connectivity index (χ1n) is 5.44. The molecule has 0 saturated carbocycles. The summed E-state index contributed by atoms with van der Waals surface area (Å²) in [6, 6.07) is -0.671. The van der Waals surface area contributed by atoms with Crippen LogP contribution in [-0.4, -0.2) is 37.7 Å². The molecule has 0 aliphatic carbocycles. The topological polar surface area (TPSA) is 105 Å². The van der Waals surface area contributed by atoms with E-state index in [1.807, 2.05) is 0 Å². The van der Waals surface area contributed by atoms with Crippen molar-refractivity contribution in [3.05, 3.63) is 12.2 Å². The normalized spacial score (nSPS) is 11.7.